The third kappa shape index (κ3) is 4.06. The molecule has 2 N–H and O–H groups in total. The second kappa shape index (κ2) is 6.55. The number of hydrogen-bond donors (Lipinski definition) is 1. The predicted octanol–water partition coefficient (Wildman–Crippen LogP) is 1.82. The zero-order valence-electron chi connectivity index (χ0n) is 12.5. The molecule has 1 aromatic heterocycles. The van der Waals surface area contributed by atoms with Gasteiger partial charge in [0.15, 0.2) is 0 Å². The Morgan fingerprint density at radius 3 is 2.68 bits per heavy atom. The minimum Gasteiger partial charge on any atom is -0.465 e. The van der Waals surface area contributed by atoms with E-state index in [9.17, 15) is 0 Å². The molecule has 1 aliphatic heterocycles. The summed E-state index contributed by atoms with van der Waals surface area (Å²) in [5.74, 6) is 2.73. The smallest absolute Gasteiger partial charge is 0.118 e. The van der Waals surface area contributed by atoms with Gasteiger partial charge in [-0.3, -0.25) is 0 Å². The van der Waals surface area contributed by atoms with E-state index in [1.165, 1.54) is 38.0 Å². The van der Waals surface area contributed by atoms with Crippen LogP contribution in [0.5, 0.6) is 0 Å². The second-order valence-electron chi connectivity index (χ2n) is 5.94. The summed E-state index contributed by atoms with van der Waals surface area (Å²) in [5.41, 5.74) is 6.89. The molecule has 0 aromatic carbocycles. The Hall–Kier alpha value is -0.840. The molecule has 2 rings (SSSR count). The SMILES string of the molecule is Cc1oc(CN)cc1CN(C)CC1CCN(C)CC1. The molecule has 2 heterocycles. The highest BCUT2D eigenvalue weighted by molar-refractivity contribution is 5.20. The van der Waals surface area contributed by atoms with E-state index in [1.807, 2.05) is 6.92 Å². The molecule has 0 saturated carbocycles. The first-order chi connectivity index (χ1) is 9.08. The Morgan fingerprint density at radius 1 is 1.42 bits per heavy atom. The summed E-state index contributed by atoms with van der Waals surface area (Å²) < 4.78 is 5.61. The second-order valence-corrected chi connectivity index (χ2v) is 5.94. The Labute approximate surface area is 116 Å². The Morgan fingerprint density at radius 2 is 2.11 bits per heavy atom. The summed E-state index contributed by atoms with van der Waals surface area (Å²) in [7, 11) is 4.41. The van der Waals surface area contributed by atoms with E-state index in [4.69, 9.17) is 10.2 Å². The number of likely N-dealkylation sites (tertiary alicyclic amines) is 1. The maximum atomic E-state index is 5.61. The molecule has 1 fully saturated rings. The summed E-state index contributed by atoms with van der Waals surface area (Å²) >= 11 is 0. The van der Waals surface area contributed by atoms with Gasteiger partial charge in [-0.05, 0) is 58.9 Å². The number of piperidine rings is 1. The van der Waals surface area contributed by atoms with Crippen molar-refractivity contribution in [1.82, 2.24) is 9.80 Å². The van der Waals surface area contributed by atoms with E-state index < -0.39 is 0 Å². The van der Waals surface area contributed by atoms with Crippen LogP contribution in [0.3, 0.4) is 0 Å². The van der Waals surface area contributed by atoms with Gasteiger partial charge in [0, 0.05) is 18.7 Å². The number of hydrogen-bond acceptors (Lipinski definition) is 4. The van der Waals surface area contributed by atoms with Crippen molar-refractivity contribution in [3.8, 4) is 0 Å². The summed E-state index contributed by atoms with van der Waals surface area (Å²) in [6, 6.07) is 2.10. The van der Waals surface area contributed by atoms with Gasteiger partial charge in [-0.1, -0.05) is 0 Å². The van der Waals surface area contributed by atoms with Crippen molar-refractivity contribution in [3.05, 3.63) is 23.2 Å². The average Bonchev–Trinajstić information content (AvgIpc) is 2.73. The van der Waals surface area contributed by atoms with Crippen molar-refractivity contribution in [2.75, 3.05) is 33.7 Å². The summed E-state index contributed by atoms with van der Waals surface area (Å²) in [6.07, 6.45) is 2.64. The predicted molar refractivity (Wildman–Crippen MR) is 77.9 cm³/mol. The molecule has 19 heavy (non-hydrogen) atoms. The highest BCUT2D eigenvalue weighted by atomic mass is 16.3. The van der Waals surface area contributed by atoms with Crippen LogP contribution < -0.4 is 5.73 Å². The molecule has 1 aromatic rings. The molecule has 4 nitrogen and oxygen atoms in total. The fourth-order valence-corrected chi connectivity index (χ4v) is 2.89. The number of nitrogens with two attached hydrogens (primary N) is 1. The van der Waals surface area contributed by atoms with Gasteiger partial charge in [0.2, 0.25) is 0 Å². The zero-order chi connectivity index (χ0) is 13.8. The van der Waals surface area contributed by atoms with E-state index in [1.54, 1.807) is 0 Å². The van der Waals surface area contributed by atoms with Gasteiger partial charge in [-0.25, -0.2) is 0 Å². The summed E-state index contributed by atoms with van der Waals surface area (Å²) in [5, 5.41) is 0. The lowest BCUT2D eigenvalue weighted by atomic mass is 9.96. The molecule has 0 unspecified atom stereocenters. The van der Waals surface area contributed by atoms with Gasteiger partial charge in [0.05, 0.1) is 6.54 Å². The molecular formula is C15H27N3O. The van der Waals surface area contributed by atoms with Crippen molar-refractivity contribution < 1.29 is 4.42 Å². The highest BCUT2D eigenvalue weighted by Crippen LogP contribution is 2.20. The van der Waals surface area contributed by atoms with E-state index in [2.05, 4.69) is 30.0 Å². The van der Waals surface area contributed by atoms with E-state index >= 15 is 0 Å². The largest absolute Gasteiger partial charge is 0.465 e. The standard InChI is InChI=1S/C15H27N3O/c1-12-14(8-15(9-16)19-12)11-18(3)10-13-4-6-17(2)7-5-13/h8,13H,4-7,9-11,16H2,1-3H3. The van der Waals surface area contributed by atoms with Crippen LogP contribution in [0, 0.1) is 12.8 Å². The molecule has 108 valence electrons. The maximum absolute atomic E-state index is 5.61. The van der Waals surface area contributed by atoms with Crippen LogP contribution in [-0.4, -0.2) is 43.5 Å². The van der Waals surface area contributed by atoms with Gasteiger partial charge in [-0.15, -0.1) is 0 Å². The van der Waals surface area contributed by atoms with Crippen LogP contribution in [0.15, 0.2) is 10.5 Å². The van der Waals surface area contributed by atoms with Gasteiger partial charge >= 0.3 is 0 Å². The van der Waals surface area contributed by atoms with Crippen molar-refractivity contribution >= 4 is 0 Å². The average molecular weight is 265 g/mol. The van der Waals surface area contributed by atoms with Crippen molar-refractivity contribution in [3.63, 3.8) is 0 Å². The minimum atomic E-state index is 0.486. The topological polar surface area (TPSA) is 45.6 Å². The van der Waals surface area contributed by atoms with Crippen LogP contribution in [-0.2, 0) is 13.1 Å². The van der Waals surface area contributed by atoms with Gasteiger partial charge in [0.1, 0.15) is 11.5 Å². The lowest BCUT2D eigenvalue weighted by Crippen LogP contribution is -2.35. The molecule has 0 atom stereocenters. The molecule has 0 radical (unpaired) electrons. The third-order valence-electron chi connectivity index (χ3n) is 4.12. The van der Waals surface area contributed by atoms with Crippen molar-refractivity contribution in [2.24, 2.45) is 11.7 Å². The van der Waals surface area contributed by atoms with Crippen LogP contribution in [0.1, 0.15) is 29.9 Å². The fraction of sp³-hybridized carbons (Fsp3) is 0.733. The first-order valence-corrected chi connectivity index (χ1v) is 7.24. The zero-order valence-corrected chi connectivity index (χ0v) is 12.5. The molecular weight excluding hydrogens is 238 g/mol. The molecule has 0 bridgehead atoms. The van der Waals surface area contributed by atoms with Crippen LogP contribution in [0.2, 0.25) is 0 Å². The molecule has 1 saturated heterocycles. The lowest BCUT2D eigenvalue weighted by molar-refractivity contribution is 0.173. The number of nitrogens with zero attached hydrogens (tertiary/aromatic N) is 2. The van der Waals surface area contributed by atoms with E-state index in [-0.39, 0.29) is 0 Å². The molecule has 0 amide bonds. The minimum absolute atomic E-state index is 0.486. The maximum Gasteiger partial charge on any atom is 0.118 e. The Balaban J connectivity index is 1.83. The quantitative estimate of drug-likeness (QED) is 0.882. The van der Waals surface area contributed by atoms with Gasteiger partial charge < -0.3 is 20.0 Å². The van der Waals surface area contributed by atoms with Crippen LogP contribution in [0.25, 0.3) is 0 Å². The molecule has 4 heteroatoms. The first kappa shape index (κ1) is 14.6. The normalized spacial score (nSPS) is 18.4. The highest BCUT2D eigenvalue weighted by Gasteiger charge is 2.18. The first-order valence-electron chi connectivity index (χ1n) is 7.24. The summed E-state index contributed by atoms with van der Waals surface area (Å²) in [6.45, 7) is 7.12. The molecule has 0 spiro atoms. The molecule has 0 aliphatic carbocycles. The Bertz CT molecular complexity index is 394. The van der Waals surface area contributed by atoms with Crippen molar-refractivity contribution in [2.45, 2.75) is 32.9 Å². The monoisotopic (exact) mass is 265 g/mol. The number of aryl methyl sites for hydroxylation is 1. The number of rotatable bonds is 5. The Kier molecular flexibility index (Phi) is 5.02. The summed E-state index contributed by atoms with van der Waals surface area (Å²) in [4.78, 5) is 4.83. The van der Waals surface area contributed by atoms with Crippen LogP contribution in [0.4, 0.5) is 0 Å². The van der Waals surface area contributed by atoms with Crippen LogP contribution >= 0.6 is 0 Å². The van der Waals surface area contributed by atoms with Gasteiger partial charge in [0.25, 0.3) is 0 Å². The third-order valence-corrected chi connectivity index (χ3v) is 4.12. The van der Waals surface area contributed by atoms with Gasteiger partial charge in [-0.2, -0.15) is 0 Å². The molecule has 1 aliphatic rings. The van der Waals surface area contributed by atoms with E-state index in [0.717, 1.165) is 24.0 Å². The van der Waals surface area contributed by atoms with Crippen molar-refractivity contribution in [1.29, 1.82) is 0 Å². The fourth-order valence-electron chi connectivity index (χ4n) is 2.89. The number of furan rings is 1. The van der Waals surface area contributed by atoms with E-state index in [0.29, 0.717) is 6.54 Å². The lowest BCUT2D eigenvalue weighted by Gasteiger charge is -2.31.